The van der Waals surface area contributed by atoms with Crippen LogP contribution in [-0.4, -0.2) is 61.4 Å². The molecule has 1 rings (SSSR count). The topological polar surface area (TPSA) is 172 Å². The van der Waals surface area contributed by atoms with Crippen LogP contribution in [-0.2, 0) is 19.2 Å². The van der Waals surface area contributed by atoms with Crippen LogP contribution in [0.1, 0.15) is 26.2 Å². The van der Waals surface area contributed by atoms with Crippen LogP contribution in [0.2, 0.25) is 0 Å². The van der Waals surface area contributed by atoms with Gasteiger partial charge in [-0.2, -0.15) is 0 Å². The maximum Gasteiger partial charge on any atom is 0.315 e. The normalized spacial score (nSPS) is 20.9. The summed E-state index contributed by atoms with van der Waals surface area (Å²) in [5.41, 5.74) is 5.12. The number of hydrogen-bond acceptors (Lipinski definition) is 5. The molecule has 0 bridgehead atoms. The molecule has 0 saturated carbocycles. The number of rotatable bonds is 6. The minimum Gasteiger partial charge on any atom is -0.370 e. The lowest BCUT2D eigenvalue weighted by Gasteiger charge is -2.22. The number of hydrogen-bond donors (Lipinski definition) is 6. The molecule has 0 fully saturated rings. The van der Waals surface area contributed by atoms with Gasteiger partial charge in [-0.25, -0.2) is 4.79 Å². The molecule has 11 nitrogen and oxygen atoms in total. The SMILES string of the molecule is CNC(=O)NC(CCC(N)=O)C(=O)NC1C=CCCNC(=O)C=CC(C)NC1=O. The summed E-state index contributed by atoms with van der Waals surface area (Å²) in [4.78, 5) is 59.4. The zero-order chi connectivity index (χ0) is 21.8. The molecule has 3 atom stereocenters. The lowest BCUT2D eigenvalue weighted by Crippen LogP contribution is -2.55. The Morgan fingerprint density at radius 3 is 2.66 bits per heavy atom. The zero-order valence-corrected chi connectivity index (χ0v) is 16.5. The molecule has 1 aliphatic rings. The summed E-state index contributed by atoms with van der Waals surface area (Å²) >= 11 is 0. The fraction of sp³-hybridized carbons (Fsp3) is 0.500. The van der Waals surface area contributed by atoms with Crippen molar-refractivity contribution in [2.75, 3.05) is 13.6 Å². The van der Waals surface area contributed by atoms with Gasteiger partial charge in [0, 0.05) is 32.1 Å². The molecule has 0 aliphatic carbocycles. The molecule has 0 aromatic rings. The molecule has 0 aromatic carbocycles. The van der Waals surface area contributed by atoms with Crippen LogP contribution < -0.4 is 32.3 Å². The summed E-state index contributed by atoms with van der Waals surface area (Å²) in [6.45, 7) is 2.05. The van der Waals surface area contributed by atoms with Gasteiger partial charge in [-0.1, -0.05) is 18.2 Å². The fourth-order valence-electron chi connectivity index (χ4n) is 2.40. The molecule has 11 heteroatoms. The van der Waals surface area contributed by atoms with E-state index < -0.39 is 41.9 Å². The Bertz CT molecular complexity index is 690. The third kappa shape index (κ3) is 9.40. The third-order valence-corrected chi connectivity index (χ3v) is 3.95. The second-order valence-electron chi connectivity index (χ2n) is 6.43. The molecule has 1 heterocycles. The minimum absolute atomic E-state index is 0.0161. The van der Waals surface area contributed by atoms with Crippen molar-refractivity contribution in [1.29, 1.82) is 0 Å². The summed E-state index contributed by atoms with van der Waals surface area (Å²) in [6.07, 6.45) is 6.34. The first-order valence-electron chi connectivity index (χ1n) is 9.23. The van der Waals surface area contributed by atoms with Gasteiger partial charge >= 0.3 is 6.03 Å². The highest BCUT2D eigenvalue weighted by molar-refractivity contribution is 5.93. The Balaban J connectivity index is 2.91. The van der Waals surface area contributed by atoms with E-state index in [1.165, 1.54) is 25.3 Å². The first kappa shape index (κ1) is 23.7. The van der Waals surface area contributed by atoms with Gasteiger partial charge in [-0.15, -0.1) is 0 Å². The number of urea groups is 1. The van der Waals surface area contributed by atoms with Crippen molar-refractivity contribution in [3.05, 3.63) is 24.3 Å². The predicted molar refractivity (Wildman–Crippen MR) is 105 cm³/mol. The van der Waals surface area contributed by atoms with E-state index in [0.29, 0.717) is 13.0 Å². The maximum atomic E-state index is 12.6. The first-order valence-corrected chi connectivity index (χ1v) is 9.23. The monoisotopic (exact) mass is 408 g/mol. The standard InChI is InChI=1S/C18H28N6O5/c1-11-6-9-15(26)21-10-4-3-5-12(16(27)22-11)23-17(28)13(7-8-14(19)25)24-18(29)20-2/h3,5-6,9,11-13H,4,7-8,10H2,1-2H3,(H2,19,25)(H,21,26)(H,22,27)(H,23,28)(H2,20,24,29). The first-order chi connectivity index (χ1) is 13.7. The lowest BCUT2D eigenvalue weighted by molar-refractivity contribution is -0.129. The highest BCUT2D eigenvalue weighted by Crippen LogP contribution is 2.01. The van der Waals surface area contributed by atoms with E-state index in [2.05, 4.69) is 26.6 Å². The number of carbonyl (C=O) groups excluding carboxylic acids is 5. The third-order valence-electron chi connectivity index (χ3n) is 3.95. The second kappa shape index (κ2) is 12.2. The van der Waals surface area contributed by atoms with E-state index in [1.807, 2.05) is 0 Å². The van der Waals surface area contributed by atoms with E-state index in [9.17, 15) is 24.0 Å². The average Bonchev–Trinajstić information content (AvgIpc) is 2.66. The summed E-state index contributed by atoms with van der Waals surface area (Å²) in [6, 6.07) is -3.12. The van der Waals surface area contributed by atoms with Gasteiger partial charge in [-0.3, -0.25) is 19.2 Å². The van der Waals surface area contributed by atoms with Crippen LogP contribution >= 0.6 is 0 Å². The minimum atomic E-state index is -1.05. The molecule has 7 N–H and O–H groups in total. The molecule has 0 spiro atoms. The smallest absolute Gasteiger partial charge is 0.315 e. The molecular weight excluding hydrogens is 380 g/mol. The van der Waals surface area contributed by atoms with Crippen LogP contribution in [0.5, 0.6) is 0 Å². The van der Waals surface area contributed by atoms with E-state index in [-0.39, 0.29) is 18.7 Å². The van der Waals surface area contributed by atoms with Crippen molar-refractivity contribution in [2.24, 2.45) is 5.73 Å². The number of primary amides is 1. The van der Waals surface area contributed by atoms with Gasteiger partial charge in [-0.05, 0) is 19.8 Å². The Labute approximate surface area is 168 Å². The Morgan fingerprint density at radius 1 is 1.28 bits per heavy atom. The zero-order valence-electron chi connectivity index (χ0n) is 16.5. The van der Waals surface area contributed by atoms with Gasteiger partial charge in [0.15, 0.2) is 0 Å². The summed E-state index contributed by atoms with van der Waals surface area (Å²) < 4.78 is 0. The van der Waals surface area contributed by atoms with E-state index in [4.69, 9.17) is 5.73 Å². The van der Waals surface area contributed by atoms with Gasteiger partial charge in [0.1, 0.15) is 12.1 Å². The predicted octanol–water partition coefficient (Wildman–Crippen LogP) is -1.83. The van der Waals surface area contributed by atoms with E-state index >= 15 is 0 Å². The van der Waals surface area contributed by atoms with Crippen LogP contribution in [0.15, 0.2) is 24.3 Å². The fourth-order valence-corrected chi connectivity index (χ4v) is 2.40. The van der Waals surface area contributed by atoms with Gasteiger partial charge in [0.25, 0.3) is 0 Å². The van der Waals surface area contributed by atoms with Crippen molar-refractivity contribution < 1.29 is 24.0 Å². The molecule has 0 aromatic heterocycles. The molecule has 1 aliphatic heterocycles. The van der Waals surface area contributed by atoms with Crippen molar-refractivity contribution in [3.8, 4) is 0 Å². The Hall–Kier alpha value is -3.37. The summed E-state index contributed by atoms with van der Waals surface area (Å²) in [5, 5.41) is 12.7. The van der Waals surface area contributed by atoms with E-state index in [1.54, 1.807) is 13.0 Å². The highest BCUT2D eigenvalue weighted by Gasteiger charge is 2.26. The number of nitrogens with one attached hydrogen (secondary N) is 5. The lowest BCUT2D eigenvalue weighted by atomic mass is 10.1. The van der Waals surface area contributed by atoms with Crippen LogP contribution in [0.3, 0.4) is 0 Å². The quantitative estimate of drug-likeness (QED) is 0.283. The molecule has 0 radical (unpaired) electrons. The number of carbonyl (C=O) groups is 5. The van der Waals surface area contributed by atoms with Gasteiger partial charge in [0.05, 0.1) is 0 Å². The molecule has 29 heavy (non-hydrogen) atoms. The summed E-state index contributed by atoms with van der Waals surface area (Å²) in [7, 11) is 1.38. The number of nitrogens with two attached hydrogens (primary N) is 1. The van der Waals surface area contributed by atoms with Crippen LogP contribution in [0, 0.1) is 0 Å². The van der Waals surface area contributed by atoms with Gasteiger partial charge in [0.2, 0.25) is 23.6 Å². The molecular formula is C18H28N6O5. The second-order valence-corrected chi connectivity index (χ2v) is 6.43. The van der Waals surface area contributed by atoms with Gasteiger partial charge < -0.3 is 32.3 Å². The van der Waals surface area contributed by atoms with E-state index in [0.717, 1.165) is 0 Å². The van der Waals surface area contributed by atoms with Crippen LogP contribution in [0.4, 0.5) is 4.79 Å². The van der Waals surface area contributed by atoms with Crippen molar-refractivity contribution in [2.45, 2.75) is 44.3 Å². The van der Waals surface area contributed by atoms with Crippen molar-refractivity contribution >= 4 is 29.7 Å². The van der Waals surface area contributed by atoms with Crippen molar-refractivity contribution in [3.63, 3.8) is 0 Å². The highest BCUT2D eigenvalue weighted by atomic mass is 16.2. The molecule has 3 unspecified atom stereocenters. The van der Waals surface area contributed by atoms with Crippen molar-refractivity contribution in [1.82, 2.24) is 26.6 Å². The maximum absolute atomic E-state index is 12.6. The number of amides is 6. The Kier molecular flexibility index (Phi) is 9.92. The van der Waals surface area contributed by atoms with Crippen LogP contribution in [0.25, 0.3) is 0 Å². The molecule has 160 valence electrons. The molecule has 0 saturated heterocycles. The Morgan fingerprint density at radius 2 is 2.00 bits per heavy atom. The summed E-state index contributed by atoms with van der Waals surface area (Å²) in [5.74, 6) is -2.00. The largest absolute Gasteiger partial charge is 0.370 e. The molecule has 6 amide bonds. The average molecular weight is 408 g/mol.